The van der Waals surface area contributed by atoms with Gasteiger partial charge in [0.05, 0.1) is 12.5 Å². The lowest BCUT2D eigenvalue weighted by Crippen LogP contribution is -2.09. The highest BCUT2D eigenvalue weighted by atomic mass is 79.9. The molecule has 1 rings (SSSR count). The molecule has 0 radical (unpaired) electrons. The maximum Gasteiger partial charge on any atom is 0.0641 e. The van der Waals surface area contributed by atoms with Gasteiger partial charge in [0.1, 0.15) is 0 Å². The molecule has 0 bridgehead atoms. The molecule has 0 unspecified atom stereocenters. The SMILES string of the molecule is N#CC[C@@H](N)c1cncc(Br)c1. The van der Waals surface area contributed by atoms with Gasteiger partial charge in [0, 0.05) is 22.9 Å². The maximum atomic E-state index is 8.41. The lowest BCUT2D eigenvalue weighted by molar-refractivity contribution is 0.743. The molecule has 1 heterocycles. The molecule has 0 spiro atoms. The van der Waals surface area contributed by atoms with Gasteiger partial charge in [0.15, 0.2) is 0 Å². The van der Waals surface area contributed by atoms with Crippen molar-refractivity contribution < 1.29 is 0 Å². The van der Waals surface area contributed by atoms with E-state index in [1.807, 2.05) is 12.1 Å². The summed E-state index contributed by atoms with van der Waals surface area (Å²) >= 11 is 3.28. The summed E-state index contributed by atoms with van der Waals surface area (Å²) in [5, 5.41) is 8.41. The standard InChI is InChI=1S/C8H8BrN3/c9-7-3-6(4-12-5-7)8(11)1-2-10/h3-5,8H,1,11H2/t8-/m1/s1. The fourth-order valence-corrected chi connectivity index (χ4v) is 1.23. The Morgan fingerprint density at radius 2 is 2.42 bits per heavy atom. The minimum atomic E-state index is -0.236. The van der Waals surface area contributed by atoms with Gasteiger partial charge in [0.2, 0.25) is 0 Å². The maximum absolute atomic E-state index is 8.41. The van der Waals surface area contributed by atoms with Crippen LogP contribution >= 0.6 is 15.9 Å². The highest BCUT2D eigenvalue weighted by Gasteiger charge is 2.05. The topological polar surface area (TPSA) is 62.7 Å². The minimum absolute atomic E-state index is 0.236. The van der Waals surface area contributed by atoms with Gasteiger partial charge in [-0.05, 0) is 27.6 Å². The first-order valence-electron chi connectivity index (χ1n) is 3.47. The Hall–Kier alpha value is -0.920. The first kappa shape index (κ1) is 9.17. The normalized spacial score (nSPS) is 12.1. The summed E-state index contributed by atoms with van der Waals surface area (Å²) in [5.74, 6) is 0. The van der Waals surface area contributed by atoms with Crippen molar-refractivity contribution in [1.82, 2.24) is 4.98 Å². The zero-order valence-electron chi connectivity index (χ0n) is 6.37. The Balaban J connectivity index is 2.82. The Kier molecular flexibility index (Phi) is 3.20. The molecule has 2 N–H and O–H groups in total. The van der Waals surface area contributed by atoms with Crippen LogP contribution in [0.25, 0.3) is 0 Å². The predicted molar refractivity (Wildman–Crippen MR) is 49.1 cm³/mol. The van der Waals surface area contributed by atoms with Gasteiger partial charge in [-0.1, -0.05) is 0 Å². The molecule has 1 aromatic rings. The first-order chi connectivity index (χ1) is 5.74. The number of hydrogen-bond acceptors (Lipinski definition) is 3. The van der Waals surface area contributed by atoms with Crippen molar-refractivity contribution in [3.63, 3.8) is 0 Å². The molecule has 0 saturated heterocycles. The number of nitrogens with zero attached hydrogens (tertiary/aromatic N) is 2. The van der Waals surface area contributed by atoms with Crippen LogP contribution in [0.2, 0.25) is 0 Å². The van der Waals surface area contributed by atoms with E-state index in [0.717, 1.165) is 10.0 Å². The molecule has 0 aliphatic carbocycles. The van der Waals surface area contributed by atoms with E-state index in [0.29, 0.717) is 6.42 Å². The second kappa shape index (κ2) is 4.19. The monoisotopic (exact) mass is 225 g/mol. The second-order valence-corrected chi connectivity index (χ2v) is 3.32. The van der Waals surface area contributed by atoms with Crippen LogP contribution in [0.4, 0.5) is 0 Å². The molecule has 0 aliphatic heterocycles. The fraction of sp³-hybridized carbons (Fsp3) is 0.250. The van der Waals surface area contributed by atoms with E-state index in [9.17, 15) is 0 Å². The number of aromatic nitrogens is 1. The third-order valence-corrected chi connectivity index (χ3v) is 1.90. The van der Waals surface area contributed by atoms with Crippen LogP contribution in [0, 0.1) is 11.3 Å². The third kappa shape index (κ3) is 2.29. The highest BCUT2D eigenvalue weighted by molar-refractivity contribution is 9.10. The molecule has 3 nitrogen and oxygen atoms in total. The van der Waals surface area contributed by atoms with Gasteiger partial charge in [-0.3, -0.25) is 4.98 Å². The third-order valence-electron chi connectivity index (χ3n) is 1.47. The van der Waals surface area contributed by atoms with Gasteiger partial charge < -0.3 is 5.73 Å². The molecule has 62 valence electrons. The zero-order valence-corrected chi connectivity index (χ0v) is 7.95. The smallest absolute Gasteiger partial charge is 0.0641 e. The minimum Gasteiger partial charge on any atom is -0.323 e. The number of rotatable bonds is 2. The highest BCUT2D eigenvalue weighted by Crippen LogP contribution is 2.16. The molecule has 0 saturated carbocycles. The first-order valence-corrected chi connectivity index (χ1v) is 4.26. The Bertz CT molecular complexity index is 305. The van der Waals surface area contributed by atoms with E-state index in [-0.39, 0.29) is 6.04 Å². The van der Waals surface area contributed by atoms with Gasteiger partial charge in [-0.15, -0.1) is 0 Å². The molecule has 0 aromatic carbocycles. The van der Waals surface area contributed by atoms with E-state index in [1.165, 1.54) is 0 Å². The number of pyridine rings is 1. The van der Waals surface area contributed by atoms with Gasteiger partial charge >= 0.3 is 0 Å². The van der Waals surface area contributed by atoms with Crippen molar-refractivity contribution in [1.29, 1.82) is 5.26 Å². The molecule has 1 atom stereocenters. The molecule has 0 amide bonds. The Morgan fingerprint density at radius 3 is 3.00 bits per heavy atom. The zero-order chi connectivity index (χ0) is 8.97. The molecule has 12 heavy (non-hydrogen) atoms. The van der Waals surface area contributed by atoms with E-state index in [2.05, 4.69) is 20.9 Å². The lowest BCUT2D eigenvalue weighted by atomic mass is 10.1. The molecular weight excluding hydrogens is 218 g/mol. The van der Waals surface area contributed by atoms with Crippen molar-refractivity contribution in [2.75, 3.05) is 0 Å². The van der Waals surface area contributed by atoms with Crippen LogP contribution in [0.5, 0.6) is 0 Å². The van der Waals surface area contributed by atoms with Crippen molar-refractivity contribution in [2.24, 2.45) is 5.73 Å². The largest absolute Gasteiger partial charge is 0.323 e. The van der Waals surface area contributed by atoms with Crippen LogP contribution < -0.4 is 5.73 Å². The summed E-state index contributed by atoms with van der Waals surface area (Å²) in [4.78, 5) is 3.95. The molecule has 4 heteroatoms. The van der Waals surface area contributed by atoms with E-state index < -0.39 is 0 Å². The second-order valence-electron chi connectivity index (χ2n) is 2.41. The van der Waals surface area contributed by atoms with Crippen LogP contribution in [0.3, 0.4) is 0 Å². The Morgan fingerprint density at radius 1 is 1.67 bits per heavy atom. The van der Waals surface area contributed by atoms with Gasteiger partial charge in [-0.25, -0.2) is 0 Å². The predicted octanol–water partition coefficient (Wildman–Crippen LogP) is 1.76. The van der Waals surface area contributed by atoms with E-state index in [1.54, 1.807) is 12.4 Å². The van der Waals surface area contributed by atoms with Crippen LogP contribution in [0.15, 0.2) is 22.9 Å². The molecule has 1 aromatic heterocycles. The van der Waals surface area contributed by atoms with Crippen molar-refractivity contribution >= 4 is 15.9 Å². The van der Waals surface area contributed by atoms with Crippen molar-refractivity contribution in [3.05, 3.63) is 28.5 Å². The van der Waals surface area contributed by atoms with Gasteiger partial charge in [-0.2, -0.15) is 5.26 Å². The average Bonchev–Trinajstić information content (AvgIpc) is 2.05. The summed E-state index contributed by atoms with van der Waals surface area (Å²) in [5.41, 5.74) is 6.57. The molecular formula is C8H8BrN3. The van der Waals surface area contributed by atoms with Crippen LogP contribution in [-0.2, 0) is 0 Å². The lowest BCUT2D eigenvalue weighted by Gasteiger charge is -2.06. The summed E-state index contributed by atoms with van der Waals surface area (Å²) in [6.07, 6.45) is 3.67. The van der Waals surface area contributed by atoms with Crippen LogP contribution in [-0.4, -0.2) is 4.98 Å². The molecule has 0 fully saturated rings. The van der Waals surface area contributed by atoms with E-state index in [4.69, 9.17) is 11.0 Å². The van der Waals surface area contributed by atoms with Crippen molar-refractivity contribution in [3.8, 4) is 6.07 Å². The number of nitrogens with two attached hydrogens (primary N) is 1. The van der Waals surface area contributed by atoms with Gasteiger partial charge in [0.25, 0.3) is 0 Å². The van der Waals surface area contributed by atoms with Crippen molar-refractivity contribution in [2.45, 2.75) is 12.5 Å². The average molecular weight is 226 g/mol. The number of halogens is 1. The molecule has 0 aliphatic rings. The summed E-state index contributed by atoms with van der Waals surface area (Å²) < 4.78 is 0.883. The fourth-order valence-electron chi connectivity index (χ4n) is 0.847. The summed E-state index contributed by atoms with van der Waals surface area (Å²) in [7, 11) is 0. The number of nitriles is 1. The quantitative estimate of drug-likeness (QED) is 0.835. The van der Waals surface area contributed by atoms with Crippen LogP contribution in [0.1, 0.15) is 18.0 Å². The Labute approximate surface area is 79.3 Å². The van der Waals surface area contributed by atoms with E-state index >= 15 is 0 Å². The summed E-state index contributed by atoms with van der Waals surface area (Å²) in [6.45, 7) is 0. The number of hydrogen-bond donors (Lipinski definition) is 1. The summed E-state index contributed by atoms with van der Waals surface area (Å²) in [6, 6.07) is 3.65.